The minimum absolute atomic E-state index is 0.163. The lowest BCUT2D eigenvalue weighted by Gasteiger charge is -2.12. The minimum Gasteiger partial charge on any atom is -0.308 e. The number of amides is 2. The van der Waals surface area contributed by atoms with Crippen molar-refractivity contribution in [3.63, 3.8) is 0 Å². The van der Waals surface area contributed by atoms with Gasteiger partial charge in [0.15, 0.2) is 0 Å². The highest BCUT2D eigenvalue weighted by Crippen LogP contribution is 2.29. The number of benzene rings is 2. The molecule has 2 amide bonds. The number of carbonyl (C=O) groups excluding carboxylic acids is 1. The molecule has 33 heavy (non-hydrogen) atoms. The van der Waals surface area contributed by atoms with Gasteiger partial charge in [0.1, 0.15) is 6.33 Å². The largest absolute Gasteiger partial charge is 0.323 e. The molecule has 2 N–H and O–H groups in total. The Bertz CT molecular complexity index is 1370. The van der Waals surface area contributed by atoms with Crippen LogP contribution in [0.3, 0.4) is 0 Å². The topological polar surface area (TPSA) is 93.3 Å². The standard InChI is InChI=1S/C23H23ClN6O2S/c1-3-10-29-14-25-22-26-17(12-21(31)30(22)29)13-33-20-7-5-4-6-19(20)28-23(32)27-16-9-8-15(2)18(24)11-16/h4-9,11-12,14H,3,10,13H2,1-2H3,(H2,27,28,32). The van der Waals surface area contributed by atoms with E-state index in [1.807, 2.05) is 44.2 Å². The lowest BCUT2D eigenvalue weighted by atomic mass is 10.2. The molecule has 0 unspecified atom stereocenters. The Morgan fingerprint density at radius 2 is 1.97 bits per heavy atom. The Morgan fingerprint density at radius 1 is 1.15 bits per heavy atom. The molecule has 8 nitrogen and oxygen atoms in total. The molecule has 10 heteroatoms. The van der Waals surface area contributed by atoms with Crippen LogP contribution in [0.4, 0.5) is 16.2 Å². The first-order valence-electron chi connectivity index (χ1n) is 10.4. The number of carbonyl (C=O) groups is 1. The van der Waals surface area contributed by atoms with E-state index in [1.165, 1.54) is 22.3 Å². The predicted molar refractivity (Wildman–Crippen MR) is 132 cm³/mol. The summed E-state index contributed by atoms with van der Waals surface area (Å²) in [6, 6.07) is 14.0. The maximum Gasteiger partial charge on any atom is 0.323 e. The number of hydrogen-bond donors (Lipinski definition) is 2. The molecule has 0 aliphatic rings. The van der Waals surface area contributed by atoms with Crippen molar-refractivity contribution in [2.75, 3.05) is 10.6 Å². The van der Waals surface area contributed by atoms with Crippen LogP contribution in [0.2, 0.25) is 5.02 Å². The summed E-state index contributed by atoms with van der Waals surface area (Å²) in [5, 5.41) is 6.25. The smallest absolute Gasteiger partial charge is 0.308 e. The Morgan fingerprint density at radius 3 is 2.76 bits per heavy atom. The number of aromatic nitrogens is 4. The number of nitrogens with one attached hydrogen (secondary N) is 2. The fourth-order valence-electron chi connectivity index (χ4n) is 3.27. The van der Waals surface area contributed by atoms with Crippen molar-refractivity contribution in [3.05, 3.63) is 81.5 Å². The average molecular weight is 483 g/mol. The Kier molecular flexibility index (Phi) is 7.00. The van der Waals surface area contributed by atoms with Gasteiger partial charge in [-0.3, -0.25) is 9.48 Å². The quantitative estimate of drug-likeness (QED) is 0.353. The van der Waals surface area contributed by atoms with Crippen molar-refractivity contribution >= 4 is 46.5 Å². The van der Waals surface area contributed by atoms with Crippen LogP contribution in [0.1, 0.15) is 24.6 Å². The monoisotopic (exact) mass is 482 g/mol. The van der Waals surface area contributed by atoms with Gasteiger partial charge in [-0.1, -0.05) is 36.7 Å². The number of anilines is 2. The molecule has 170 valence electrons. The van der Waals surface area contributed by atoms with Crippen LogP contribution >= 0.6 is 23.4 Å². The van der Waals surface area contributed by atoms with Gasteiger partial charge in [-0.15, -0.1) is 11.8 Å². The van der Waals surface area contributed by atoms with Gasteiger partial charge in [0.2, 0.25) is 0 Å². The Balaban J connectivity index is 1.46. The molecule has 4 rings (SSSR count). The van der Waals surface area contributed by atoms with E-state index in [0.29, 0.717) is 40.2 Å². The highest BCUT2D eigenvalue weighted by atomic mass is 35.5. The van der Waals surface area contributed by atoms with Crippen LogP contribution < -0.4 is 16.2 Å². The second-order valence-corrected chi connectivity index (χ2v) is 8.86. The van der Waals surface area contributed by atoms with Crippen molar-refractivity contribution in [2.45, 2.75) is 37.5 Å². The first kappa shape index (κ1) is 22.9. The second kappa shape index (κ2) is 10.1. The summed E-state index contributed by atoms with van der Waals surface area (Å²) in [7, 11) is 0. The summed E-state index contributed by atoms with van der Waals surface area (Å²) in [5.41, 5.74) is 2.66. The molecule has 0 aliphatic heterocycles. The van der Waals surface area contributed by atoms with E-state index in [1.54, 1.807) is 23.1 Å². The fraction of sp³-hybridized carbons (Fsp3) is 0.217. The molecule has 4 aromatic rings. The zero-order valence-electron chi connectivity index (χ0n) is 18.2. The van der Waals surface area contributed by atoms with Gasteiger partial charge in [-0.05, 0) is 43.2 Å². The summed E-state index contributed by atoms with van der Waals surface area (Å²) in [4.78, 5) is 34.7. The number of nitrogens with zero attached hydrogens (tertiary/aromatic N) is 4. The summed E-state index contributed by atoms with van der Waals surface area (Å²) >= 11 is 7.61. The molecular weight excluding hydrogens is 460 g/mol. The molecule has 0 aliphatic carbocycles. The zero-order chi connectivity index (χ0) is 23.4. The maximum atomic E-state index is 12.6. The van der Waals surface area contributed by atoms with Crippen LogP contribution in [0.25, 0.3) is 5.78 Å². The highest BCUT2D eigenvalue weighted by molar-refractivity contribution is 7.98. The van der Waals surface area contributed by atoms with E-state index < -0.39 is 0 Å². The Labute approximate surface area is 200 Å². The number of fused-ring (bicyclic) bond motifs is 1. The molecule has 0 fully saturated rings. The van der Waals surface area contributed by atoms with E-state index in [0.717, 1.165) is 16.9 Å². The minimum atomic E-state index is -0.373. The number of aryl methyl sites for hydroxylation is 2. The van der Waals surface area contributed by atoms with Crippen LogP contribution in [0, 0.1) is 6.92 Å². The normalized spacial score (nSPS) is 11.0. The molecule has 2 aromatic heterocycles. The van der Waals surface area contributed by atoms with Gasteiger partial charge in [0.25, 0.3) is 11.3 Å². The molecule has 0 radical (unpaired) electrons. The Hall–Kier alpha value is -3.30. The lowest BCUT2D eigenvalue weighted by molar-refractivity contribution is 0.262. The van der Waals surface area contributed by atoms with Crippen LogP contribution in [0.5, 0.6) is 0 Å². The van der Waals surface area contributed by atoms with Crippen molar-refractivity contribution in [2.24, 2.45) is 0 Å². The second-order valence-electron chi connectivity index (χ2n) is 7.43. The maximum absolute atomic E-state index is 12.6. The third kappa shape index (κ3) is 5.37. The van der Waals surface area contributed by atoms with Crippen LogP contribution in [-0.4, -0.2) is 25.2 Å². The van der Waals surface area contributed by atoms with E-state index in [4.69, 9.17) is 11.6 Å². The first-order chi connectivity index (χ1) is 15.9. The van der Waals surface area contributed by atoms with Gasteiger partial charge >= 0.3 is 6.03 Å². The number of thioether (sulfide) groups is 1. The van der Waals surface area contributed by atoms with E-state index in [2.05, 4.69) is 20.6 Å². The van der Waals surface area contributed by atoms with Gasteiger partial charge in [-0.2, -0.15) is 9.50 Å². The molecule has 2 heterocycles. The van der Waals surface area contributed by atoms with Crippen molar-refractivity contribution in [3.8, 4) is 0 Å². The van der Waals surface area contributed by atoms with Gasteiger partial charge in [0, 0.05) is 34.0 Å². The van der Waals surface area contributed by atoms with Crippen LogP contribution in [0.15, 0.2) is 64.5 Å². The number of urea groups is 1. The summed E-state index contributed by atoms with van der Waals surface area (Å²) in [6.07, 6.45) is 2.52. The average Bonchev–Trinajstić information content (AvgIpc) is 3.19. The van der Waals surface area contributed by atoms with E-state index in [9.17, 15) is 9.59 Å². The zero-order valence-corrected chi connectivity index (χ0v) is 19.8. The number of para-hydroxylation sites is 1. The molecule has 0 spiro atoms. The number of hydrogen-bond acceptors (Lipinski definition) is 5. The molecule has 0 saturated heterocycles. The van der Waals surface area contributed by atoms with Gasteiger partial charge in [-0.25, -0.2) is 9.78 Å². The van der Waals surface area contributed by atoms with Crippen molar-refractivity contribution in [1.82, 2.24) is 19.2 Å². The van der Waals surface area contributed by atoms with Crippen LogP contribution in [-0.2, 0) is 12.3 Å². The van der Waals surface area contributed by atoms with Gasteiger partial charge in [0.05, 0.1) is 11.4 Å². The highest BCUT2D eigenvalue weighted by Gasteiger charge is 2.11. The number of rotatable bonds is 7. The summed E-state index contributed by atoms with van der Waals surface area (Å²) < 4.78 is 3.25. The summed E-state index contributed by atoms with van der Waals surface area (Å²) in [5.74, 6) is 0.842. The third-order valence-corrected chi connectivity index (χ3v) is 6.40. The SMILES string of the molecule is CCCn1cnc2nc(CSc3ccccc3NC(=O)Nc3ccc(C)c(Cl)c3)cc(=O)n21. The van der Waals surface area contributed by atoms with E-state index >= 15 is 0 Å². The fourth-order valence-corrected chi connectivity index (χ4v) is 4.35. The van der Waals surface area contributed by atoms with E-state index in [-0.39, 0.29) is 11.6 Å². The first-order valence-corrected chi connectivity index (χ1v) is 11.8. The van der Waals surface area contributed by atoms with Crippen molar-refractivity contribution < 1.29 is 4.79 Å². The molecule has 2 aromatic carbocycles. The molecule has 0 atom stereocenters. The summed E-state index contributed by atoms with van der Waals surface area (Å²) in [6.45, 7) is 4.64. The van der Waals surface area contributed by atoms with Gasteiger partial charge < -0.3 is 10.6 Å². The third-order valence-electron chi connectivity index (χ3n) is 4.89. The molecule has 0 bridgehead atoms. The predicted octanol–water partition coefficient (Wildman–Crippen LogP) is 5.20. The molecular formula is C23H23ClN6O2S. The molecule has 0 saturated carbocycles. The van der Waals surface area contributed by atoms with Crippen molar-refractivity contribution in [1.29, 1.82) is 0 Å². The lowest BCUT2D eigenvalue weighted by Crippen LogP contribution is -2.21. The number of halogens is 1.